The van der Waals surface area contributed by atoms with Crippen LogP contribution in [-0.4, -0.2) is 21.3 Å². The highest BCUT2D eigenvalue weighted by atomic mass is 16.5. The van der Waals surface area contributed by atoms with Gasteiger partial charge in [-0.1, -0.05) is 36.9 Å². The average Bonchev–Trinajstić information content (AvgIpc) is 2.53. The van der Waals surface area contributed by atoms with Gasteiger partial charge in [0.1, 0.15) is 0 Å². The van der Waals surface area contributed by atoms with Gasteiger partial charge in [-0.05, 0) is 28.8 Å². The summed E-state index contributed by atoms with van der Waals surface area (Å²) < 4.78 is 16.1. The summed E-state index contributed by atoms with van der Waals surface area (Å²) in [5.41, 5.74) is 3.17. The van der Waals surface area contributed by atoms with Crippen molar-refractivity contribution in [2.45, 2.75) is 0 Å². The minimum Gasteiger partial charge on any atom is -0.493 e. The number of ether oxygens (including phenoxy) is 3. The van der Waals surface area contributed by atoms with E-state index in [9.17, 15) is 0 Å². The van der Waals surface area contributed by atoms with E-state index in [1.807, 2.05) is 42.5 Å². The summed E-state index contributed by atoms with van der Waals surface area (Å²) in [6, 6.07) is 12.0. The number of rotatable bonds is 5. The van der Waals surface area contributed by atoms with Gasteiger partial charge in [0.05, 0.1) is 21.3 Å². The Kier molecular flexibility index (Phi) is 4.31. The van der Waals surface area contributed by atoms with Crippen molar-refractivity contribution in [1.82, 2.24) is 0 Å². The van der Waals surface area contributed by atoms with Crippen molar-refractivity contribution in [1.29, 1.82) is 0 Å². The lowest BCUT2D eigenvalue weighted by molar-refractivity contribution is 0.324. The highest BCUT2D eigenvalue weighted by Gasteiger charge is 2.13. The molecule has 0 heterocycles. The first-order valence-electron chi connectivity index (χ1n) is 6.26. The maximum absolute atomic E-state index is 5.36. The number of benzene rings is 2. The Hall–Kier alpha value is -2.42. The molecule has 0 unspecified atom stereocenters. The van der Waals surface area contributed by atoms with Gasteiger partial charge in [-0.3, -0.25) is 0 Å². The first kappa shape index (κ1) is 14.0. The van der Waals surface area contributed by atoms with Crippen molar-refractivity contribution in [2.24, 2.45) is 0 Å². The maximum Gasteiger partial charge on any atom is 0.203 e. The van der Waals surface area contributed by atoms with E-state index in [0.717, 1.165) is 16.7 Å². The van der Waals surface area contributed by atoms with Crippen LogP contribution in [0.1, 0.15) is 5.56 Å². The molecule has 3 heteroatoms. The standard InChI is InChI=1S/C17H18O3/c1-5-12-6-8-13(9-7-12)14-10-15(18-2)17(20-4)16(11-14)19-3/h5-11H,1H2,2-4H3. The molecule has 0 spiro atoms. The van der Waals surface area contributed by atoms with Gasteiger partial charge in [-0.25, -0.2) is 0 Å². The van der Waals surface area contributed by atoms with Crippen molar-refractivity contribution in [2.75, 3.05) is 21.3 Å². The molecule has 20 heavy (non-hydrogen) atoms. The summed E-state index contributed by atoms with van der Waals surface area (Å²) >= 11 is 0. The molecule has 0 saturated carbocycles. The summed E-state index contributed by atoms with van der Waals surface area (Å²) in [5, 5.41) is 0. The molecule has 0 aromatic heterocycles. The number of hydrogen-bond acceptors (Lipinski definition) is 3. The molecule has 0 aliphatic heterocycles. The average molecular weight is 270 g/mol. The van der Waals surface area contributed by atoms with Crippen LogP contribution in [0.15, 0.2) is 43.0 Å². The second-order valence-corrected chi connectivity index (χ2v) is 4.24. The minimum absolute atomic E-state index is 0.599. The zero-order valence-corrected chi connectivity index (χ0v) is 12.0. The van der Waals surface area contributed by atoms with Crippen LogP contribution in [0.5, 0.6) is 17.2 Å². The molecule has 2 aromatic carbocycles. The topological polar surface area (TPSA) is 27.7 Å². The highest BCUT2D eigenvalue weighted by molar-refractivity contribution is 5.72. The van der Waals surface area contributed by atoms with E-state index in [1.165, 1.54) is 0 Å². The van der Waals surface area contributed by atoms with Crippen LogP contribution in [-0.2, 0) is 0 Å². The summed E-state index contributed by atoms with van der Waals surface area (Å²) in [5.74, 6) is 1.89. The summed E-state index contributed by atoms with van der Waals surface area (Å²) in [7, 11) is 4.82. The molecule has 0 fully saturated rings. The van der Waals surface area contributed by atoms with Crippen LogP contribution < -0.4 is 14.2 Å². The zero-order chi connectivity index (χ0) is 14.5. The highest BCUT2D eigenvalue weighted by Crippen LogP contribution is 2.41. The Balaban J connectivity index is 2.52. The fourth-order valence-electron chi connectivity index (χ4n) is 2.06. The van der Waals surface area contributed by atoms with E-state index in [0.29, 0.717) is 17.2 Å². The van der Waals surface area contributed by atoms with E-state index in [1.54, 1.807) is 21.3 Å². The summed E-state index contributed by atoms with van der Waals surface area (Å²) in [6.07, 6.45) is 1.82. The van der Waals surface area contributed by atoms with Crippen molar-refractivity contribution < 1.29 is 14.2 Å². The van der Waals surface area contributed by atoms with Crippen LogP contribution >= 0.6 is 0 Å². The molecule has 104 valence electrons. The molecule has 3 nitrogen and oxygen atoms in total. The molecule has 0 aliphatic carbocycles. The number of hydrogen-bond donors (Lipinski definition) is 0. The van der Waals surface area contributed by atoms with Gasteiger partial charge in [0.2, 0.25) is 5.75 Å². The van der Waals surface area contributed by atoms with Gasteiger partial charge in [0.15, 0.2) is 11.5 Å². The summed E-state index contributed by atoms with van der Waals surface area (Å²) in [4.78, 5) is 0. The normalized spacial score (nSPS) is 9.95. The van der Waals surface area contributed by atoms with Gasteiger partial charge < -0.3 is 14.2 Å². The minimum atomic E-state index is 0.599. The third kappa shape index (κ3) is 2.62. The van der Waals surface area contributed by atoms with Crippen LogP contribution in [0.2, 0.25) is 0 Å². The molecule has 0 bridgehead atoms. The Morgan fingerprint density at radius 3 is 1.75 bits per heavy atom. The molecule has 2 rings (SSSR count). The van der Waals surface area contributed by atoms with Crippen molar-refractivity contribution in [3.8, 4) is 28.4 Å². The fourth-order valence-corrected chi connectivity index (χ4v) is 2.06. The van der Waals surface area contributed by atoms with Crippen molar-refractivity contribution in [3.63, 3.8) is 0 Å². The lowest BCUT2D eigenvalue weighted by Gasteiger charge is -2.14. The zero-order valence-electron chi connectivity index (χ0n) is 12.0. The van der Waals surface area contributed by atoms with Gasteiger partial charge >= 0.3 is 0 Å². The van der Waals surface area contributed by atoms with Gasteiger partial charge in [-0.2, -0.15) is 0 Å². The van der Waals surface area contributed by atoms with Gasteiger partial charge in [0, 0.05) is 0 Å². The smallest absolute Gasteiger partial charge is 0.203 e. The van der Waals surface area contributed by atoms with Crippen molar-refractivity contribution >= 4 is 6.08 Å². The lowest BCUT2D eigenvalue weighted by Crippen LogP contribution is -1.95. The van der Waals surface area contributed by atoms with Crippen LogP contribution in [0.25, 0.3) is 17.2 Å². The predicted octanol–water partition coefficient (Wildman–Crippen LogP) is 4.02. The SMILES string of the molecule is C=Cc1ccc(-c2cc(OC)c(OC)c(OC)c2)cc1. The molecule has 0 amide bonds. The Morgan fingerprint density at radius 2 is 1.35 bits per heavy atom. The number of methoxy groups -OCH3 is 3. The molecule has 0 N–H and O–H groups in total. The second-order valence-electron chi connectivity index (χ2n) is 4.24. The largest absolute Gasteiger partial charge is 0.493 e. The molecule has 2 aromatic rings. The summed E-state index contributed by atoms with van der Waals surface area (Å²) in [6.45, 7) is 3.75. The maximum atomic E-state index is 5.36. The van der Waals surface area contributed by atoms with E-state index in [-0.39, 0.29) is 0 Å². The van der Waals surface area contributed by atoms with Crippen LogP contribution in [0, 0.1) is 0 Å². The first-order chi connectivity index (χ1) is 9.73. The molecule has 0 aliphatic rings. The first-order valence-corrected chi connectivity index (χ1v) is 6.26. The van der Waals surface area contributed by atoms with Gasteiger partial charge in [-0.15, -0.1) is 0 Å². The predicted molar refractivity (Wildman–Crippen MR) is 81.6 cm³/mol. The van der Waals surface area contributed by atoms with Crippen LogP contribution in [0.4, 0.5) is 0 Å². The van der Waals surface area contributed by atoms with Crippen molar-refractivity contribution in [3.05, 3.63) is 48.5 Å². The lowest BCUT2D eigenvalue weighted by atomic mass is 10.0. The Labute approximate surface area is 119 Å². The molecule has 0 radical (unpaired) electrons. The third-order valence-corrected chi connectivity index (χ3v) is 3.14. The van der Waals surface area contributed by atoms with E-state index in [2.05, 4.69) is 6.58 Å². The van der Waals surface area contributed by atoms with E-state index < -0.39 is 0 Å². The van der Waals surface area contributed by atoms with Gasteiger partial charge in [0.25, 0.3) is 0 Å². The Bertz CT molecular complexity index is 575. The fraction of sp³-hybridized carbons (Fsp3) is 0.176. The quantitative estimate of drug-likeness (QED) is 0.821. The molecule has 0 atom stereocenters. The van der Waals surface area contributed by atoms with E-state index >= 15 is 0 Å². The molecule has 0 saturated heterocycles. The Morgan fingerprint density at radius 1 is 0.800 bits per heavy atom. The van der Waals surface area contributed by atoms with E-state index in [4.69, 9.17) is 14.2 Å². The monoisotopic (exact) mass is 270 g/mol. The third-order valence-electron chi connectivity index (χ3n) is 3.14. The molecular formula is C17H18O3. The molecular weight excluding hydrogens is 252 g/mol. The van der Waals surface area contributed by atoms with Crippen LogP contribution in [0.3, 0.4) is 0 Å². The second kappa shape index (κ2) is 6.15.